The number of carbonyl (C=O) groups is 2. The number of hydrogen-bond acceptors (Lipinski definition) is 7. The minimum absolute atomic E-state index is 0.0414. The lowest BCUT2D eigenvalue weighted by atomic mass is 10.0. The zero-order valence-corrected chi connectivity index (χ0v) is 17.7. The Morgan fingerprint density at radius 2 is 1.50 bits per heavy atom. The summed E-state index contributed by atoms with van der Waals surface area (Å²) in [6, 6.07) is 10.1. The lowest BCUT2D eigenvalue weighted by Crippen LogP contribution is -2.54. The molecule has 1 saturated heterocycles. The minimum Gasteiger partial charge on any atom is -0.496 e. The average Bonchev–Trinajstić information content (AvgIpc) is 2.76. The molecule has 2 aromatic rings. The van der Waals surface area contributed by atoms with Crippen LogP contribution in [0.15, 0.2) is 42.0 Å². The number of nitrogens with zero attached hydrogens (tertiary/aromatic N) is 1. The van der Waals surface area contributed by atoms with Crippen molar-refractivity contribution in [3.8, 4) is 23.0 Å². The van der Waals surface area contributed by atoms with Gasteiger partial charge in [0.05, 0.1) is 39.7 Å². The van der Waals surface area contributed by atoms with Crippen LogP contribution < -0.4 is 29.2 Å². The molecule has 0 aromatic heterocycles. The predicted molar refractivity (Wildman–Crippen MR) is 115 cm³/mol. The van der Waals surface area contributed by atoms with Gasteiger partial charge in [-0.2, -0.15) is 0 Å². The highest BCUT2D eigenvalue weighted by Crippen LogP contribution is 2.37. The Hall–Kier alpha value is -3.59. The molecule has 1 N–H and O–H groups in total. The van der Waals surface area contributed by atoms with Crippen LogP contribution in [0.4, 0.5) is 5.69 Å². The molecule has 0 unspecified atom stereocenters. The molecule has 0 spiro atoms. The highest BCUT2D eigenvalue weighted by molar-refractivity contribution is 7.80. The molecule has 2 amide bonds. The second-order valence-corrected chi connectivity index (χ2v) is 6.46. The van der Waals surface area contributed by atoms with Gasteiger partial charge in [-0.3, -0.25) is 14.9 Å². The molecule has 0 atom stereocenters. The zero-order valence-electron chi connectivity index (χ0n) is 16.8. The Balaban J connectivity index is 2.14. The van der Waals surface area contributed by atoms with Crippen LogP contribution in [-0.2, 0) is 9.59 Å². The van der Waals surface area contributed by atoms with Crippen LogP contribution in [0.1, 0.15) is 5.56 Å². The normalized spacial score (nSPS) is 15.1. The van der Waals surface area contributed by atoms with Gasteiger partial charge in [-0.15, -0.1) is 0 Å². The van der Waals surface area contributed by atoms with Gasteiger partial charge in [0.25, 0.3) is 11.8 Å². The van der Waals surface area contributed by atoms with E-state index in [1.165, 1.54) is 39.4 Å². The van der Waals surface area contributed by atoms with E-state index in [1.807, 2.05) is 0 Å². The van der Waals surface area contributed by atoms with E-state index in [-0.39, 0.29) is 10.7 Å². The van der Waals surface area contributed by atoms with Crippen molar-refractivity contribution in [2.75, 3.05) is 33.3 Å². The van der Waals surface area contributed by atoms with Crippen molar-refractivity contribution in [2.24, 2.45) is 0 Å². The largest absolute Gasteiger partial charge is 0.496 e. The fraction of sp³-hybridized carbons (Fsp3) is 0.190. The Morgan fingerprint density at radius 1 is 0.900 bits per heavy atom. The predicted octanol–water partition coefficient (Wildman–Crippen LogP) is 2.55. The van der Waals surface area contributed by atoms with E-state index >= 15 is 0 Å². The van der Waals surface area contributed by atoms with Crippen LogP contribution in [0.25, 0.3) is 6.08 Å². The molecule has 9 heteroatoms. The van der Waals surface area contributed by atoms with Crippen molar-refractivity contribution in [1.29, 1.82) is 0 Å². The molecular weight excluding hydrogens is 408 g/mol. The molecule has 2 aromatic carbocycles. The Bertz CT molecular complexity index is 1020. The highest BCUT2D eigenvalue weighted by Gasteiger charge is 2.36. The average molecular weight is 428 g/mol. The first-order valence-corrected chi connectivity index (χ1v) is 9.20. The van der Waals surface area contributed by atoms with Gasteiger partial charge in [0.2, 0.25) is 0 Å². The molecule has 0 bridgehead atoms. The van der Waals surface area contributed by atoms with Gasteiger partial charge in [0, 0.05) is 12.1 Å². The van der Waals surface area contributed by atoms with Crippen LogP contribution in [-0.4, -0.2) is 45.4 Å². The van der Waals surface area contributed by atoms with Crippen molar-refractivity contribution in [1.82, 2.24) is 5.32 Å². The number of thiocarbonyl (C=S) groups is 1. The summed E-state index contributed by atoms with van der Waals surface area (Å²) in [6.45, 7) is 0. The fourth-order valence-electron chi connectivity index (χ4n) is 3.01. The van der Waals surface area contributed by atoms with Gasteiger partial charge in [0.1, 0.15) is 28.6 Å². The molecule has 30 heavy (non-hydrogen) atoms. The van der Waals surface area contributed by atoms with E-state index in [9.17, 15) is 9.59 Å². The maximum Gasteiger partial charge on any atom is 0.270 e. The number of para-hydroxylation sites is 2. The Kier molecular flexibility index (Phi) is 6.22. The van der Waals surface area contributed by atoms with Crippen molar-refractivity contribution >= 4 is 40.9 Å². The van der Waals surface area contributed by atoms with Crippen LogP contribution in [0.2, 0.25) is 0 Å². The van der Waals surface area contributed by atoms with Crippen molar-refractivity contribution in [3.63, 3.8) is 0 Å². The van der Waals surface area contributed by atoms with Gasteiger partial charge in [-0.25, -0.2) is 4.90 Å². The number of methoxy groups -OCH3 is 4. The van der Waals surface area contributed by atoms with Crippen LogP contribution in [0, 0.1) is 0 Å². The monoisotopic (exact) mass is 428 g/mol. The molecule has 1 aliphatic rings. The molecule has 1 heterocycles. The lowest BCUT2D eigenvalue weighted by molar-refractivity contribution is -0.122. The third kappa shape index (κ3) is 3.79. The van der Waals surface area contributed by atoms with E-state index < -0.39 is 11.8 Å². The van der Waals surface area contributed by atoms with Crippen LogP contribution >= 0.6 is 12.2 Å². The number of anilines is 1. The summed E-state index contributed by atoms with van der Waals surface area (Å²) < 4.78 is 21.4. The maximum absolute atomic E-state index is 13.3. The third-order valence-electron chi connectivity index (χ3n) is 4.47. The van der Waals surface area contributed by atoms with E-state index in [1.54, 1.807) is 36.4 Å². The summed E-state index contributed by atoms with van der Waals surface area (Å²) in [5, 5.41) is 2.50. The van der Waals surface area contributed by atoms with Gasteiger partial charge in [-0.1, -0.05) is 12.1 Å². The van der Waals surface area contributed by atoms with E-state index in [2.05, 4.69) is 5.32 Å². The number of carbonyl (C=O) groups excluding carboxylic acids is 2. The molecule has 0 radical (unpaired) electrons. The summed E-state index contributed by atoms with van der Waals surface area (Å²) in [7, 11) is 5.93. The van der Waals surface area contributed by atoms with Gasteiger partial charge in [-0.05, 0) is 30.4 Å². The van der Waals surface area contributed by atoms with E-state index in [0.29, 0.717) is 34.2 Å². The Labute approximate surface area is 179 Å². The number of amides is 2. The topological polar surface area (TPSA) is 86.3 Å². The summed E-state index contributed by atoms with van der Waals surface area (Å²) in [5.41, 5.74) is 0.679. The molecule has 0 aliphatic carbocycles. The molecule has 3 rings (SSSR count). The zero-order chi connectivity index (χ0) is 21.8. The second-order valence-electron chi connectivity index (χ2n) is 6.08. The molecular formula is C21H20N2O6S. The maximum atomic E-state index is 13.3. The van der Waals surface area contributed by atoms with Crippen LogP contribution in [0.5, 0.6) is 23.0 Å². The lowest BCUT2D eigenvalue weighted by Gasteiger charge is -2.30. The molecule has 156 valence electrons. The molecule has 8 nitrogen and oxygen atoms in total. The number of rotatable bonds is 6. The number of benzene rings is 2. The Morgan fingerprint density at radius 3 is 2.07 bits per heavy atom. The minimum atomic E-state index is -0.629. The standard InChI is InChI=1S/C21H20N2O6S/c1-26-12-9-17(28-3)13(18(10-12)29-4)11-14-19(24)22-21(30)23(20(14)25)15-7-5-6-8-16(15)27-2/h5-11H,1-4H3,(H,22,24,30)/b14-11+. The first-order valence-electron chi connectivity index (χ1n) is 8.79. The fourth-order valence-corrected chi connectivity index (χ4v) is 3.28. The first kappa shape index (κ1) is 21.1. The van der Waals surface area contributed by atoms with Crippen molar-refractivity contribution in [3.05, 3.63) is 47.5 Å². The smallest absolute Gasteiger partial charge is 0.270 e. The van der Waals surface area contributed by atoms with Gasteiger partial charge >= 0.3 is 0 Å². The molecule has 0 saturated carbocycles. The third-order valence-corrected chi connectivity index (χ3v) is 4.75. The van der Waals surface area contributed by atoms with Crippen molar-refractivity contribution < 1.29 is 28.5 Å². The number of ether oxygens (including phenoxy) is 4. The number of hydrogen-bond donors (Lipinski definition) is 1. The summed E-state index contributed by atoms with van der Waals surface area (Å²) >= 11 is 5.24. The quantitative estimate of drug-likeness (QED) is 0.430. The molecule has 1 fully saturated rings. The van der Waals surface area contributed by atoms with Crippen LogP contribution in [0.3, 0.4) is 0 Å². The summed E-state index contributed by atoms with van der Waals surface area (Å²) in [4.78, 5) is 27.1. The van der Waals surface area contributed by atoms with E-state index in [4.69, 9.17) is 31.2 Å². The number of nitrogens with one attached hydrogen (secondary N) is 1. The van der Waals surface area contributed by atoms with Gasteiger partial charge < -0.3 is 18.9 Å². The highest BCUT2D eigenvalue weighted by atomic mass is 32.1. The summed E-state index contributed by atoms with van der Waals surface area (Å²) in [5.74, 6) is 0.447. The first-order chi connectivity index (χ1) is 14.4. The molecule has 1 aliphatic heterocycles. The van der Waals surface area contributed by atoms with E-state index in [0.717, 1.165) is 0 Å². The van der Waals surface area contributed by atoms with Crippen molar-refractivity contribution in [2.45, 2.75) is 0 Å². The van der Waals surface area contributed by atoms with Gasteiger partial charge in [0.15, 0.2) is 5.11 Å². The summed E-state index contributed by atoms with van der Waals surface area (Å²) in [6.07, 6.45) is 1.40. The SMILES string of the molecule is COc1cc(OC)c(/C=C2\C(=O)NC(=S)N(c3ccccc3OC)C2=O)c(OC)c1. The second kappa shape index (κ2) is 8.83.